The summed E-state index contributed by atoms with van der Waals surface area (Å²) in [5.74, 6) is 0.0291. The molecule has 1 aliphatic heterocycles. The normalized spacial score (nSPS) is 15.6. The van der Waals surface area contributed by atoms with E-state index >= 15 is 0 Å². The van der Waals surface area contributed by atoms with Crippen LogP contribution in [0.15, 0.2) is 12.3 Å². The summed E-state index contributed by atoms with van der Waals surface area (Å²) in [6.45, 7) is 7.57. The first-order valence-corrected chi connectivity index (χ1v) is 8.36. The molecule has 0 aromatic carbocycles. The Labute approximate surface area is 106 Å². The van der Waals surface area contributed by atoms with Crippen molar-refractivity contribution in [3.05, 3.63) is 23.4 Å². The number of nitrogens with one attached hydrogen (secondary N) is 1. The number of pyridine rings is 1. The Morgan fingerprint density at radius 1 is 1.44 bits per heavy atom. The van der Waals surface area contributed by atoms with Gasteiger partial charge in [-0.1, -0.05) is 0 Å². The summed E-state index contributed by atoms with van der Waals surface area (Å²) in [7, 11) is 0. The van der Waals surface area contributed by atoms with E-state index in [4.69, 9.17) is 0 Å². The molecule has 1 aliphatic rings. The first-order chi connectivity index (χ1) is 7.46. The second-order valence-corrected chi connectivity index (χ2v) is 11.6. The monoisotopic (exact) mass is 324 g/mol. The topological polar surface area (TPSA) is 42.0 Å². The Balaban J connectivity index is 2.29. The standard InChI is InChI=1S/C8H7N2O.C4H9.Sn/c11-8-7-5-9-3-1-6(7)2-4-10-8;1-4(2)3;/h1,5H,2,4H2,(H,10,11);1-3H3;. The van der Waals surface area contributed by atoms with Crippen molar-refractivity contribution in [1.29, 1.82) is 0 Å². The van der Waals surface area contributed by atoms with Crippen molar-refractivity contribution >= 4 is 30.8 Å². The molecule has 4 heteroatoms. The summed E-state index contributed by atoms with van der Waals surface area (Å²) in [5, 5.41) is 2.84. The Morgan fingerprint density at radius 3 is 2.88 bits per heavy atom. The van der Waals surface area contributed by atoms with Crippen LogP contribution >= 0.6 is 0 Å². The Bertz CT molecular complexity index is 424. The minimum atomic E-state index is -0.656. The number of carbonyl (C=O) groups excluding carboxylic acids is 1. The molecular weight excluding hydrogens is 307 g/mol. The molecule has 16 heavy (non-hydrogen) atoms. The van der Waals surface area contributed by atoms with Crippen LogP contribution in [-0.4, -0.2) is 38.6 Å². The van der Waals surface area contributed by atoms with E-state index in [1.807, 2.05) is 0 Å². The van der Waals surface area contributed by atoms with Crippen molar-refractivity contribution in [3.8, 4) is 0 Å². The fraction of sp³-hybridized carbons (Fsp3) is 0.500. The van der Waals surface area contributed by atoms with Crippen molar-refractivity contribution in [1.82, 2.24) is 10.3 Å². The molecule has 0 aliphatic carbocycles. The van der Waals surface area contributed by atoms with Gasteiger partial charge in [0.1, 0.15) is 0 Å². The third-order valence-electron chi connectivity index (χ3n) is 2.42. The van der Waals surface area contributed by atoms with Gasteiger partial charge in [-0.25, -0.2) is 0 Å². The third-order valence-corrected chi connectivity index (χ3v) is 6.07. The van der Waals surface area contributed by atoms with E-state index in [0.717, 1.165) is 18.5 Å². The number of hydrogen-bond donors (Lipinski definition) is 1. The van der Waals surface area contributed by atoms with Gasteiger partial charge in [0.25, 0.3) is 0 Å². The van der Waals surface area contributed by atoms with Gasteiger partial charge < -0.3 is 0 Å². The number of carbonyl (C=O) groups is 1. The second kappa shape index (κ2) is 4.35. The maximum atomic E-state index is 11.5. The van der Waals surface area contributed by atoms with Gasteiger partial charge in [0.05, 0.1) is 0 Å². The summed E-state index contributed by atoms with van der Waals surface area (Å²) in [6, 6.07) is 2.16. The molecule has 1 amide bonds. The van der Waals surface area contributed by atoms with Crippen molar-refractivity contribution < 1.29 is 4.79 Å². The molecule has 1 aromatic rings. The first-order valence-electron chi connectivity index (χ1n) is 5.51. The fourth-order valence-corrected chi connectivity index (χ4v) is 5.03. The van der Waals surface area contributed by atoms with E-state index in [9.17, 15) is 4.79 Å². The number of aromatic nitrogens is 1. The molecule has 0 bridgehead atoms. The Hall–Kier alpha value is -0.581. The summed E-state index contributed by atoms with van der Waals surface area (Å²) in [6.07, 6.45) is 2.70. The molecule has 2 heterocycles. The average molecular weight is 323 g/mol. The van der Waals surface area contributed by atoms with Gasteiger partial charge in [-0.3, -0.25) is 0 Å². The molecule has 1 N–H and O–H groups in total. The SMILES string of the molecule is C[C](C)(C)[Sn][c]1cc2c(cn1)C(=O)NCC2. The molecule has 2 radical (unpaired) electrons. The van der Waals surface area contributed by atoms with Gasteiger partial charge in [-0.15, -0.1) is 0 Å². The predicted octanol–water partition coefficient (Wildman–Crippen LogP) is 0.915. The fourth-order valence-electron chi connectivity index (χ4n) is 1.77. The maximum absolute atomic E-state index is 11.5. The first kappa shape index (κ1) is 11.9. The van der Waals surface area contributed by atoms with E-state index in [-0.39, 0.29) is 5.91 Å². The Kier molecular flexibility index (Phi) is 3.24. The van der Waals surface area contributed by atoms with Crippen molar-refractivity contribution in [3.63, 3.8) is 0 Å². The van der Waals surface area contributed by atoms with E-state index in [0.29, 0.717) is 3.43 Å². The summed E-state index contributed by atoms with van der Waals surface area (Å²) >= 11 is -0.656. The molecular formula is C12H16N2OSn. The average Bonchev–Trinajstić information content (AvgIpc) is 2.15. The molecule has 0 atom stereocenters. The quantitative estimate of drug-likeness (QED) is 0.781. The number of hydrogen-bond acceptors (Lipinski definition) is 2. The molecule has 84 valence electrons. The van der Waals surface area contributed by atoms with Crippen molar-refractivity contribution in [2.75, 3.05) is 6.54 Å². The van der Waals surface area contributed by atoms with Crippen LogP contribution in [0.1, 0.15) is 36.7 Å². The summed E-state index contributed by atoms with van der Waals surface area (Å²) in [5.41, 5.74) is 1.95. The van der Waals surface area contributed by atoms with Gasteiger partial charge in [0.2, 0.25) is 0 Å². The molecule has 0 saturated carbocycles. The van der Waals surface area contributed by atoms with Gasteiger partial charge in [-0.2, -0.15) is 0 Å². The molecule has 3 nitrogen and oxygen atoms in total. The van der Waals surface area contributed by atoms with Gasteiger partial charge in [0, 0.05) is 0 Å². The number of rotatable bonds is 1. The van der Waals surface area contributed by atoms with Crippen LogP contribution in [0, 0.1) is 0 Å². The van der Waals surface area contributed by atoms with E-state index < -0.39 is 21.1 Å². The van der Waals surface area contributed by atoms with Crippen LogP contribution in [0.4, 0.5) is 0 Å². The third kappa shape index (κ3) is 2.75. The number of nitrogens with zero attached hydrogens (tertiary/aromatic N) is 1. The van der Waals surface area contributed by atoms with Gasteiger partial charge >= 0.3 is 106 Å². The molecule has 0 spiro atoms. The number of fused-ring (bicyclic) bond motifs is 1. The van der Waals surface area contributed by atoms with E-state index in [2.05, 4.69) is 37.1 Å². The minimum absolute atomic E-state index is 0.0291. The van der Waals surface area contributed by atoms with E-state index in [1.54, 1.807) is 6.20 Å². The molecule has 0 saturated heterocycles. The van der Waals surface area contributed by atoms with Gasteiger partial charge in [-0.05, 0) is 0 Å². The van der Waals surface area contributed by atoms with Crippen LogP contribution in [0.2, 0.25) is 3.43 Å². The van der Waals surface area contributed by atoms with Crippen molar-refractivity contribution in [2.24, 2.45) is 0 Å². The van der Waals surface area contributed by atoms with E-state index in [1.165, 1.54) is 9.27 Å². The zero-order valence-corrected chi connectivity index (χ0v) is 12.8. The molecule has 0 unspecified atom stereocenters. The zero-order valence-electron chi connectivity index (χ0n) is 9.92. The van der Waals surface area contributed by atoms with Crippen molar-refractivity contribution in [2.45, 2.75) is 30.6 Å². The molecule has 1 aromatic heterocycles. The van der Waals surface area contributed by atoms with Crippen LogP contribution in [0.3, 0.4) is 0 Å². The van der Waals surface area contributed by atoms with Crippen LogP contribution in [0.25, 0.3) is 0 Å². The van der Waals surface area contributed by atoms with Gasteiger partial charge in [0.15, 0.2) is 0 Å². The predicted molar refractivity (Wildman–Crippen MR) is 65.4 cm³/mol. The van der Waals surface area contributed by atoms with Crippen LogP contribution < -0.4 is 9.03 Å². The summed E-state index contributed by atoms with van der Waals surface area (Å²) in [4.78, 5) is 16.0. The second-order valence-electron chi connectivity index (χ2n) is 5.11. The zero-order chi connectivity index (χ0) is 11.8. The number of amides is 1. The molecule has 2 rings (SSSR count). The van der Waals surface area contributed by atoms with Crippen LogP contribution in [-0.2, 0) is 6.42 Å². The van der Waals surface area contributed by atoms with Crippen LogP contribution in [0.5, 0.6) is 0 Å². The summed E-state index contributed by atoms with van der Waals surface area (Å²) < 4.78 is 1.66. The molecule has 0 fully saturated rings. The Morgan fingerprint density at radius 2 is 2.19 bits per heavy atom.